The third-order valence-electron chi connectivity index (χ3n) is 3.93. The van der Waals surface area contributed by atoms with Gasteiger partial charge in [0.05, 0.1) is 10.7 Å². The fourth-order valence-corrected chi connectivity index (χ4v) is 2.89. The molecule has 1 heterocycles. The molecule has 0 unspecified atom stereocenters. The molecular weight excluding hydrogens is 350 g/mol. The monoisotopic (exact) mass is 373 g/mol. The predicted molar refractivity (Wildman–Crippen MR) is 105 cm³/mol. The van der Waals surface area contributed by atoms with Crippen molar-refractivity contribution in [1.82, 2.24) is 10.3 Å². The van der Waals surface area contributed by atoms with Crippen LogP contribution < -0.4 is 10.6 Å². The van der Waals surface area contributed by atoms with E-state index in [1.165, 1.54) is 12.3 Å². The molecule has 1 aromatic heterocycles. The first-order chi connectivity index (χ1) is 12.3. The quantitative estimate of drug-likeness (QED) is 0.789. The van der Waals surface area contributed by atoms with Crippen LogP contribution in [-0.4, -0.2) is 23.3 Å². The van der Waals surface area contributed by atoms with E-state index in [1.807, 2.05) is 19.9 Å². The zero-order valence-corrected chi connectivity index (χ0v) is 16.3. The Morgan fingerprint density at radius 1 is 1.15 bits per heavy atom. The zero-order chi connectivity index (χ0) is 19.3. The number of carbonyl (C=O) groups is 2. The Kier molecular flexibility index (Phi) is 6.75. The van der Waals surface area contributed by atoms with E-state index in [0.29, 0.717) is 28.7 Å². The fraction of sp³-hybridized carbons (Fsp3) is 0.350. The Balaban J connectivity index is 2.12. The van der Waals surface area contributed by atoms with Crippen molar-refractivity contribution < 1.29 is 9.59 Å². The lowest BCUT2D eigenvalue weighted by molar-refractivity contribution is 0.0952. The van der Waals surface area contributed by atoms with Crippen molar-refractivity contribution >= 4 is 29.1 Å². The Labute approximate surface area is 159 Å². The van der Waals surface area contributed by atoms with Crippen LogP contribution in [0.3, 0.4) is 0 Å². The number of rotatable bonds is 6. The molecule has 0 saturated heterocycles. The molecule has 0 saturated carbocycles. The Morgan fingerprint density at radius 3 is 2.54 bits per heavy atom. The van der Waals surface area contributed by atoms with Crippen LogP contribution in [0.2, 0.25) is 5.02 Å². The minimum atomic E-state index is -0.407. The van der Waals surface area contributed by atoms with Crippen LogP contribution >= 0.6 is 11.6 Å². The molecule has 0 aliphatic heterocycles. The summed E-state index contributed by atoms with van der Waals surface area (Å²) in [5.41, 5.74) is 3.00. The number of hydrogen-bond acceptors (Lipinski definition) is 3. The summed E-state index contributed by atoms with van der Waals surface area (Å²) < 4.78 is 0. The average molecular weight is 374 g/mol. The van der Waals surface area contributed by atoms with Crippen molar-refractivity contribution in [1.29, 1.82) is 0 Å². The normalized spacial score (nSPS) is 10.7. The largest absolute Gasteiger partial charge is 0.352 e. The number of nitrogens with one attached hydrogen (secondary N) is 2. The molecule has 138 valence electrons. The summed E-state index contributed by atoms with van der Waals surface area (Å²) in [5.74, 6) is -0.112. The number of benzene rings is 1. The highest BCUT2D eigenvalue weighted by Crippen LogP contribution is 2.27. The van der Waals surface area contributed by atoms with Crippen molar-refractivity contribution in [2.45, 2.75) is 34.1 Å². The molecule has 0 aliphatic carbocycles. The Hall–Kier alpha value is -2.40. The van der Waals surface area contributed by atoms with Crippen LogP contribution in [0.25, 0.3) is 0 Å². The molecule has 2 N–H and O–H groups in total. The van der Waals surface area contributed by atoms with Crippen LogP contribution in [0.4, 0.5) is 5.69 Å². The minimum absolute atomic E-state index is 0.164. The predicted octanol–water partition coefficient (Wildman–Crippen LogP) is 4.38. The fourth-order valence-electron chi connectivity index (χ4n) is 2.52. The SMILES string of the molecule is Cc1cc(C)c(NC(=O)c2cc(C(=O)NCCC(C)C)ccn2)c(Cl)c1. The Bertz CT molecular complexity index is 795. The number of anilines is 1. The van der Waals surface area contributed by atoms with E-state index in [-0.39, 0.29) is 11.6 Å². The number of aryl methyl sites for hydroxylation is 2. The third-order valence-corrected chi connectivity index (χ3v) is 4.23. The van der Waals surface area contributed by atoms with Gasteiger partial charge in [0.15, 0.2) is 0 Å². The maximum absolute atomic E-state index is 12.5. The van der Waals surface area contributed by atoms with Crippen molar-refractivity contribution in [2.24, 2.45) is 5.92 Å². The van der Waals surface area contributed by atoms with Gasteiger partial charge in [-0.15, -0.1) is 0 Å². The second kappa shape index (κ2) is 8.81. The number of hydrogen-bond donors (Lipinski definition) is 2. The van der Waals surface area contributed by atoms with E-state index in [1.54, 1.807) is 12.1 Å². The smallest absolute Gasteiger partial charge is 0.274 e. The van der Waals surface area contributed by atoms with E-state index in [4.69, 9.17) is 11.6 Å². The van der Waals surface area contributed by atoms with Gasteiger partial charge in [-0.2, -0.15) is 0 Å². The van der Waals surface area contributed by atoms with E-state index >= 15 is 0 Å². The van der Waals surface area contributed by atoms with Crippen molar-refractivity contribution in [3.05, 3.63) is 57.9 Å². The summed E-state index contributed by atoms with van der Waals surface area (Å²) in [4.78, 5) is 28.8. The molecule has 5 nitrogen and oxygen atoms in total. The third kappa shape index (κ3) is 5.30. The van der Waals surface area contributed by atoms with Crippen LogP contribution in [0.1, 0.15) is 52.2 Å². The zero-order valence-electron chi connectivity index (χ0n) is 15.5. The van der Waals surface area contributed by atoms with Gasteiger partial charge >= 0.3 is 0 Å². The van der Waals surface area contributed by atoms with E-state index in [2.05, 4.69) is 29.5 Å². The maximum Gasteiger partial charge on any atom is 0.274 e. The average Bonchev–Trinajstić information content (AvgIpc) is 2.57. The standard InChI is InChI=1S/C20H24ClN3O2/c1-12(2)5-7-23-19(25)15-6-8-22-17(11-15)20(26)24-18-14(4)9-13(3)10-16(18)21/h6,8-12H,5,7H2,1-4H3,(H,23,25)(H,24,26). The minimum Gasteiger partial charge on any atom is -0.352 e. The molecule has 6 heteroatoms. The van der Waals surface area contributed by atoms with Gasteiger partial charge in [0.1, 0.15) is 5.69 Å². The molecule has 2 rings (SSSR count). The number of carbonyl (C=O) groups excluding carboxylic acids is 2. The second-order valence-electron chi connectivity index (χ2n) is 6.76. The van der Waals surface area contributed by atoms with Gasteiger partial charge in [0.25, 0.3) is 11.8 Å². The van der Waals surface area contributed by atoms with Gasteiger partial charge in [-0.05, 0) is 55.5 Å². The molecule has 0 atom stereocenters. The summed E-state index contributed by atoms with van der Waals surface area (Å²) in [6.45, 7) is 8.60. The van der Waals surface area contributed by atoms with Crippen molar-refractivity contribution in [3.63, 3.8) is 0 Å². The molecule has 1 aromatic carbocycles. The molecular formula is C20H24ClN3O2. The van der Waals surface area contributed by atoms with Gasteiger partial charge in [-0.1, -0.05) is 31.5 Å². The first-order valence-electron chi connectivity index (χ1n) is 8.60. The van der Waals surface area contributed by atoms with Crippen molar-refractivity contribution in [3.8, 4) is 0 Å². The topological polar surface area (TPSA) is 71.1 Å². The maximum atomic E-state index is 12.5. The van der Waals surface area contributed by atoms with Crippen LogP contribution in [0.15, 0.2) is 30.5 Å². The van der Waals surface area contributed by atoms with Crippen LogP contribution in [0.5, 0.6) is 0 Å². The summed E-state index contributed by atoms with van der Waals surface area (Å²) in [6, 6.07) is 6.80. The first-order valence-corrected chi connectivity index (χ1v) is 8.98. The molecule has 2 aromatic rings. The van der Waals surface area contributed by atoms with Crippen molar-refractivity contribution in [2.75, 3.05) is 11.9 Å². The van der Waals surface area contributed by atoms with E-state index in [0.717, 1.165) is 17.5 Å². The van der Waals surface area contributed by atoms with Crippen LogP contribution in [0, 0.1) is 19.8 Å². The number of amides is 2. The molecule has 0 radical (unpaired) electrons. The Morgan fingerprint density at radius 2 is 1.88 bits per heavy atom. The van der Waals surface area contributed by atoms with Gasteiger partial charge in [-0.3, -0.25) is 14.6 Å². The van der Waals surface area contributed by atoms with Gasteiger partial charge in [-0.25, -0.2) is 0 Å². The molecule has 0 fully saturated rings. The highest BCUT2D eigenvalue weighted by atomic mass is 35.5. The number of halogens is 1. The lowest BCUT2D eigenvalue weighted by Crippen LogP contribution is -2.26. The number of pyridine rings is 1. The highest BCUT2D eigenvalue weighted by molar-refractivity contribution is 6.34. The second-order valence-corrected chi connectivity index (χ2v) is 7.17. The van der Waals surface area contributed by atoms with E-state index in [9.17, 15) is 9.59 Å². The lowest BCUT2D eigenvalue weighted by Gasteiger charge is -2.12. The van der Waals surface area contributed by atoms with Crippen LogP contribution in [-0.2, 0) is 0 Å². The van der Waals surface area contributed by atoms with Gasteiger partial charge < -0.3 is 10.6 Å². The summed E-state index contributed by atoms with van der Waals surface area (Å²) >= 11 is 6.23. The molecule has 0 bridgehead atoms. The number of nitrogens with zero attached hydrogens (tertiary/aromatic N) is 1. The summed E-state index contributed by atoms with van der Waals surface area (Å²) in [7, 11) is 0. The van der Waals surface area contributed by atoms with Gasteiger partial charge in [0.2, 0.25) is 0 Å². The van der Waals surface area contributed by atoms with E-state index < -0.39 is 5.91 Å². The first kappa shape index (κ1) is 19.9. The van der Waals surface area contributed by atoms with Gasteiger partial charge in [0, 0.05) is 18.3 Å². The molecule has 0 spiro atoms. The number of aromatic nitrogens is 1. The lowest BCUT2D eigenvalue weighted by atomic mass is 10.1. The summed E-state index contributed by atoms with van der Waals surface area (Å²) in [5, 5.41) is 6.10. The summed E-state index contributed by atoms with van der Waals surface area (Å²) in [6.07, 6.45) is 2.35. The molecule has 2 amide bonds. The molecule has 0 aliphatic rings. The highest BCUT2D eigenvalue weighted by Gasteiger charge is 2.15. The molecule has 26 heavy (non-hydrogen) atoms.